The van der Waals surface area contributed by atoms with Crippen molar-refractivity contribution in [1.82, 2.24) is 25.5 Å². The van der Waals surface area contributed by atoms with Crippen LogP contribution in [0.2, 0.25) is 0 Å². The van der Waals surface area contributed by atoms with Crippen LogP contribution in [-0.4, -0.2) is 37.6 Å². The van der Waals surface area contributed by atoms with Gasteiger partial charge in [-0.05, 0) is 24.6 Å². The molecule has 0 bridgehead atoms. The number of hydrogen-bond acceptors (Lipinski definition) is 7. The van der Waals surface area contributed by atoms with E-state index in [9.17, 15) is 19.0 Å². The van der Waals surface area contributed by atoms with Crippen molar-refractivity contribution in [2.24, 2.45) is 0 Å². The minimum Gasteiger partial charge on any atom is -0.334 e. The largest absolute Gasteiger partial charge is 0.354 e. The van der Waals surface area contributed by atoms with Crippen LogP contribution in [0.3, 0.4) is 0 Å². The van der Waals surface area contributed by atoms with Gasteiger partial charge in [0.05, 0.1) is 6.61 Å². The molecule has 1 unspecified atom stereocenters. The Labute approximate surface area is 165 Å². The Bertz CT molecular complexity index is 1090. The van der Waals surface area contributed by atoms with E-state index < -0.39 is 24.8 Å². The number of aromatic nitrogens is 4. The van der Waals surface area contributed by atoms with Crippen LogP contribution >= 0.6 is 7.60 Å². The van der Waals surface area contributed by atoms with Gasteiger partial charge in [-0.1, -0.05) is 30.3 Å². The van der Waals surface area contributed by atoms with Gasteiger partial charge in [0.2, 0.25) is 0 Å². The maximum Gasteiger partial charge on any atom is 0.354 e. The molecule has 0 spiro atoms. The number of nitrogens with one attached hydrogen (secondary N) is 2. The summed E-state index contributed by atoms with van der Waals surface area (Å²) in [6.07, 6.45) is 2.54. The minimum atomic E-state index is -4.25. The molecule has 150 valence electrons. The van der Waals surface area contributed by atoms with Gasteiger partial charge in [0, 0.05) is 12.4 Å². The molecule has 3 N–H and O–H groups in total. The van der Waals surface area contributed by atoms with Gasteiger partial charge in [-0.3, -0.25) is 14.2 Å². The molecule has 11 heteroatoms. The molecule has 0 radical (unpaired) electrons. The lowest BCUT2D eigenvalue weighted by Gasteiger charge is -2.23. The lowest BCUT2D eigenvalue weighted by Crippen LogP contribution is -2.33. The first-order chi connectivity index (χ1) is 13.9. The van der Waals surface area contributed by atoms with Crippen molar-refractivity contribution in [2.45, 2.75) is 12.7 Å². The molecule has 10 nitrogen and oxygen atoms in total. The van der Waals surface area contributed by atoms with Crippen molar-refractivity contribution in [1.29, 1.82) is 0 Å². The number of carbonyl (C=O) groups is 1. The van der Waals surface area contributed by atoms with Crippen molar-refractivity contribution in [3.8, 4) is 11.5 Å². The molecule has 0 aliphatic heterocycles. The summed E-state index contributed by atoms with van der Waals surface area (Å²) in [6.45, 7) is 1.54. The molecule has 0 fully saturated rings. The number of benzene rings is 1. The average Bonchev–Trinajstić information content (AvgIpc) is 2.73. The first-order valence-corrected chi connectivity index (χ1v) is 10.3. The van der Waals surface area contributed by atoms with Gasteiger partial charge in [-0.25, -0.2) is 4.98 Å². The first kappa shape index (κ1) is 20.5. The topological polar surface area (TPSA) is 147 Å². The fourth-order valence-electron chi connectivity index (χ4n) is 2.56. The second-order valence-corrected chi connectivity index (χ2v) is 7.75. The zero-order chi connectivity index (χ0) is 20.9. The Morgan fingerprint density at radius 2 is 2.03 bits per heavy atom. The predicted molar refractivity (Wildman–Crippen MR) is 104 cm³/mol. The molecular formula is C18H18N5O5P. The van der Waals surface area contributed by atoms with E-state index in [1.807, 2.05) is 0 Å². The highest BCUT2D eigenvalue weighted by molar-refractivity contribution is 7.53. The molecule has 2 aromatic heterocycles. The summed E-state index contributed by atoms with van der Waals surface area (Å²) in [5.74, 6) is -2.08. The maximum atomic E-state index is 12.7. The van der Waals surface area contributed by atoms with Gasteiger partial charge in [0.15, 0.2) is 11.6 Å². The number of rotatable bonds is 7. The van der Waals surface area contributed by atoms with E-state index >= 15 is 0 Å². The number of H-pyrrole nitrogens is 1. The van der Waals surface area contributed by atoms with Crippen molar-refractivity contribution < 1.29 is 18.8 Å². The summed E-state index contributed by atoms with van der Waals surface area (Å²) < 4.78 is 17.6. The highest BCUT2D eigenvalue weighted by Crippen LogP contribution is 2.54. The number of hydrogen-bond donors (Lipinski definition) is 3. The molecule has 2 atom stereocenters. The van der Waals surface area contributed by atoms with Crippen molar-refractivity contribution in [2.75, 3.05) is 6.61 Å². The zero-order valence-electron chi connectivity index (χ0n) is 15.3. The van der Waals surface area contributed by atoms with Crippen LogP contribution in [0.4, 0.5) is 0 Å². The standard InChI is InChI=1S/C18H18N5O5P/c1-2-28-29(26,27)18(12-7-4-3-5-8-12)22-17(25)13-11-19-15(21-16(13)24)14-9-6-10-20-23-14/h3-11,18H,2H2,1H3,(H,22,25)(H,26,27)(H,19,21,24)/t18-/m1/s1. The first-order valence-electron chi connectivity index (χ1n) is 8.62. The average molecular weight is 415 g/mol. The van der Waals surface area contributed by atoms with Crippen LogP contribution in [-0.2, 0) is 9.09 Å². The van der Waals surface area contributed by atoms with Crippen LogP contribution in [0, 0.1) is 0 Å². The number of amides is 1. The van der Waals surface area contributed by atoms with Crippen LogP contribution in [0.5, 0.6) is 0 Å². The molecule has 1 aromatic carbocycles. The molecule has 1 amide bonds. The maximum absolute atomic E-state index is 12.7. The molecule has 29 heavy (non-hydrogen) atoms. The smallest absolute Gasteiger partial charge is 0.334 e. The van der Waals surface area contributed by atoms with E-state index in [-0.39, 0.29) is 18.0 Å². The minimum absolute atomic E-state index is 0.0259. The third-order valence-corrected chi connectivity index (χ3v) is 5.59. The summed E-state index contributed by atoms with van der Waals surface area (Å²) >= 11 is 0. The van der Waals surface area contributed by atoms with E-state index in [0.717, 1.165) is 6.20 Å². The third kappa shape index (κ3) is 4.80. The van der Waals surface area contributed by atoms with Crippen LogP contribution in [0.1, 0.15) is 28.6 Å². The fraction of sp³-hybridized carbons (Fsp3) is 0.167. The molecule has 2 heterocycles. The summed E-state index contributed by atoms with van der Waals surface area (Å²) in [5.41, 5.74) is -0.361. The molecule has 0 aliphatic rings. The number of nitrogens with zero attached hydrogens (tertiary/aromatic N) is 3. The molecule has 0 aliphatic carbocycles. The summed E-state index contributed by atoms with van der Waals surface area (Å²) in [5, 5.41) is 9.95. The van der Waals surface area contributed by atoms with Crippen LogP contribution in [0.25, 0.3) is 11.5 Å². The number of carbonyl (C=O) groups excluding carboxylic acids is 1. The lowest BCUT2D eigenvalue weighted by atomic mass is 10.2. The molecule has 0 saturated heterocycles. The lowest BCUT2D eigenvalue weighted by molar-refractivity contribution is 0.0938. The van der Waals surface area contributed by atoms with Crippen LogP contribution in [0.15, 0.2) is 59.7 Å². The van der Waals surface area contributed by atoms with E-state index in [4.69, 9.17) is 4.52 Å². The van der Waals surface area contributed by atoms with Crippen LogP contribution < -0.4 is 10.9 Å². The molecule has 0 saturated carbocycles. The third-order valence-electron chi connectivity index (χ3n) is 3.88. The molecular weight excluding hydrogens is 397 g/mol. The second kappa shape index (κ2) is 8.87. The van der Waals surface area contributed by atoms with Crippen molar-refractivity contribution in [3.05, 3.63) is 76.3 Å². The second-order valence-electron chi connectivity index (χ2n) is 5.85. The van der Waals surface area contributed by atoms with Crippen molar-refractivity contribution in [3.63, 3.8) is 0 Å². The van der Waals surface area contributed by atoms with Gasteiger partial charge >= 0.3 is 7.60 Å². The van der Waals surface area contributed by atoms with E-state index in [0.29, 0.717) is 11.3 Å². The number of aromatic amines is 1. The van der Waals surface area contributed by atoms with E-state index in [2.05, 4.69) is 25.5 Å². The van der Waals surface area contributed by atoms with E-state index in [1.165, 1.54) is 6.20 Å². The summed E-state index contributed by atoms with van der Waals surface area (Å²) in [4.78, 5) is 41.8. The summed E-state index contributed by atoms with van der Waals surface area (Å²) in [6, 6.07) is 11.4. The fourth-order valence-corrected chi connectivity index (χ4v) is 3.91. The SMILES string of the molecule is CCOP(=O)(O)[C@@H](NC(=O)c1cnc(-c2cccnn2)[nH]c1=O)c1ccccc1. The van der Waals surface area contributed by atoms with Gasteiger partial charge in [0.25, 0.3) is 11.5 Å². The molecule has 3 rings (SSSR count). The Kier molecular flexibility index (Phi) is 6.28. The monoisotopic (exact) mass is 415 g/mol. The van der Waals surface area contributed by atoms with Gasteiger partial charge in [-0.2, -0.15) is 5.10 Å². The summed E-state index contributed by atoms with van der Waals surface area (Å²) in [7, 11) is -4.25. The Balaban J connectivity index is 1.90. The Morgan fingerprint density at radius 1 is 1.28 bits per heavy atom. The van der Waals surface area contributed by atoms with Gasteiger partial charge in [-0.15, -0.1) is 5.10 Å². The van der Waals surface area contributed by atoms with E-state index in [1.54, 1.807) is 49.4 Å². The molecule has 3 aromatic rings. The Hall–Kier alpha value is -3.20. The highest BCUT2D eigenvalue weighted by Gasteiger charge is 2.35. The predicted octanol–water partition coefficient (Wildman–Crippen LogP) is 1.88. The zero-order valence-corrected chi connectivity index (χ0v) is 16.2. The van der Waals surface area contributed by atoms with Crippen molar-refractivity contribution >= 4 is 13.5 Å². The normalized spacial score (nSPS) is 14.0. The van der Waals surface area contributed by atoms with Gasteiger partial charge in [0.1, 0.15) is 11.3 Å². The Morgan fingerprint density at radius 3 is 2.66 bits per heavy atom. The van der Waals surface area contributed by atoms with Gasteiger partial charge < -0.3 is 19.7 Å². The quantitative estimate of drug-likeness (QED) is 0.496. The highest BCUT2D eigenvalue weighted by atomic mass is 31.2.